The number of amides is 2. The number of carbonyl (C=O) groups is 4. The van der Waals surface area contributed by atoms with Crippen LogP contribution in [0, 0.1) is 5.92 Å². The number of aromatic amines is 1. The molecule has 0 radical (unpaired) electrons. The summed E-state index contributed by atoms with van der Waals surface area (Å²) in [6.07, 6.45) is 0. The van der Waals surface area contributed by atoms with Crippen molar-refractivity contribution in [2.45, 2.75) is 23.1 Å². The molecular weight excluding hydrogens is 460 g/mol. The van der Waals surface area contributed by atoms with Gasteiger partial charge in [0.2, 0.25) is 11.8 Å². The predicted molar refractivity (Wildman–Crippen MR) is 113 cm³/mol. The number of hydrogen-bond donors (Lipinski definition) is 2. The molecule has 1 fully saturated rings. The first kappa shape index (κ1) is 22.1. The zero-order valence-corrected chi connectivity index (χ0v) is 18.4. The summed E-state index contributed by atoms with van der Waals surface area (Å²) in [5.41, 5.74) is 0.516. The van der Waals surface area contributed by atoms with Crippen molar-refractivity contribution >= 4 is 46.9 Å². The summed E-state index contributed by atoms with van der Waals surface area (Å²) >= 11 is 1.98. The number of fused-ring (bicyclic) bond motifs is 2. The monoisotopic (exact) mass is 478 g/mol. The van der Waals surface area contributed by atoms with E-state index in [1.54, 1.807) is 31.2 Å². The van der Waals surface area contributed by atoms with E-state index in [2.05, 4.69) is 4.98 Å². The predicted octanol–water partition coefficient (Wildman–Crippen LogP) is 1.05. The van der Waals surface area contributed by atoms with Crippen molar-refractivity contribution in [3.8, 4) is 5.75 Å². The van der Waals surface area contributed by atoms with Crippen LogP contribution in [0.15, 0.2) is 34.1 Å². The number of nitrogens with zero attached hydrogens (tertiary/aromatic N) is 1. The van der Waals surface area contributed by atoms with E-state index in [-0.39, 0.29) is 18.1 Å². The Kier molecular flexibility index (Phi) is 6.07. The average Bonchev–Trinajstić information content (AvgIpc) is 3.23. The van der Waals surface area contributed by atoms with Crippen LogP contribution in [0.3, 0.4) is 0 Å². The fourth-order valence-electron chi connectivity index (χ4n) is 3.91. The number of esters is 1. The van der Waals surface area contributed by atoms with Gasteiger partial charge < -0.3 is 19.6 Å². The van der Waals surface area contributed by atoms with Gasteiger partial charge in [0, 0.05) is 16.4 Å². The third kappa shape index (κ3) is 3.91. The maximum absolute atomic E-state index is 13.2. The summed E-state index contributed by atoms with van der Waals surface area (Å²) in [6.45, 7) is 0.786. The van der Waals surface area contributed by atoms with Gasteiger partial charge in [0.25, 0.3) is 0 Å². The van der Waals surface area contributed by atoms with Crippen LogP contribution >= 0.6 is 23.1 Å². The first-order valence-electron chi connectivity index (χ1n) is 9.65. The van der Waals surface area contributed by atoms with Crippen LogP contribution in [0.4, 0.5) is 0 Å². The molecule has 2 aliphatic heterocycles. The molecule has 0 saturated carbocycles. The number of imide groups is 1. The minimum Gasteiger partial charge on any atom is -0.482 e. The lowest BCUT2D eigenvalue weighted by molar-refractivity contribution is -0.149. The number of thioether (sulfide) groups is 1. The molecule has 0 spiro atoms. The van der Waals surface area contributed by atoms with Gasteiger partial charge in [-0.3, -0.25) is 24.1 Å². The molecule has 168 valence electrons. The molecule has 32 heavy (non-hydrogen) atoms. The van der Waals surface area contributed by atoms with Gasteiger partial charge in [-0.05, 0) is 13.0 Å². The molecule has 2 aliphatic rings. The SMILES string of the molecule is CCOC(=O)COc1ccccc1[C@@H]1c2sc(=O)[nH]c2SC2C(=O)N(CC(=O)O)C(=O)C21. The lowest BCUT2D eigenvalue weighted by Gasteiger charge is -2.30. The Hall–Kier alpha value is -3.12. The molecule has 4 rings (SSSR count). The second kappa shape index (κ2) is 8.79. The van der Waals surface area contributed by atoms with E-state index in [0.717, 1.165) is 28.0 Å². The molecule has 3 atom stereocenters. The lowest BCUT2D eigenvalue weighted by atomic mass is 9.82. The van der Waals surface area contributed by atoms with E-state index >= 15 is 0 Å². The highest BCUT2D eigenvalue weighted by Crippen LogP contribution is 2.53. The Morgan fingerprint density at radius 2 is 1.94 bits per heavy atom. The standard InChI is InChI=1S/C20H18N2O8S2/c1-2-29-12(25)8-30-10-6-4-3-5-9(10)13-14-16(31-17-15(13)32-20(28)21-17)19(27)22(18(14)26)7-11(23)24/h3-6,13-14,16H,2,7-8H2,1H3,(H,21,28)(H,23,24)/t13-,14?,16?/m0/s1. The van der Waals surface area contributed by atoms with Crippen LogP contribution in [0.5, 0.6) is 5.75 Å². The van der Waals surface area contributed by atoms with Crippen LogP contribution in [-0.4, -0.2) is 63.8 Å². The number of benzene rings is 1. The molecule has 0 aliphatic carbocycles. The van der Waals surface area contributed by atoms with Gasteiger partial charge >= 0.3 is 16.8 Å². The number of H-pyrrole nitrogens is 1. The molecule has 2 unspecified atom stereocenters. The summed E-state index contributed by atoms with van der Waals surface area (Å²) in [6, 6.07) is 6.73. The highest BCUT2D eigenvalue weighted by atomic mass is 32.2. The minimum absolute atomic E-state index is 0.199. The molecule has 10 nitrogen and oxygen atoms in total. The van der Waals surface area contributed by atoms with Gasteiger partial charge in [-0.15, -0.1) is 0 Å². The topological polar surface area (TPSA) is 143 Å². The van der Waals surface area contributed by atoms with Gasteiger partial charge in [0.05, 0.1) is 17.6 Å². The molecule has 3 heterocycles. The third-order valence-corrected chi connectivity index (χ3v) is 7.51. The first-order valence-corrected chi connectivity index (χ1v) is 11.4. The molecular formula is C20H18N2O8S2. The quantitative estimate of drug-likeness (QED) is 0.441. The maximum atomic E-state index is 13.2. The number of nitrogens with one attached hydrogen (secondary N) is 1. The van der Waals surface area contributed by atoms with Crippen molar-refractivity contribution < 1.29 is 33.8 Å². The summed E-state index contributed by atoms with van der Waals surface area (Å²) in [5.74, 6) is -4.43. The molecule has 2 N–H and O–H groups in total. The summed E-state index contributed by atoms with van der Waals surface area (Å²) < 4.78 is 10.5. The van der Waals surface area contributed by atoms with Crippen molar-refractivity contribution in [3.05, 3.63) is 44.4 Å². The highest BCUT2D eigenvalue weighted by Gasteiger charge is 2.56. The first-order chi connectivity index (χ1) is 15.3. The fraction of sp³-hybridized carbons (Fsp3) is 0.350. The molecule has 2 amide bonds. The second-order valence-corrected chi connectivity index (χ2v) is 9.20. The largest absolute Gasteiger partial charge is 0.482 e. The molecule has 2 aromatic rings. The number of thiazole rings is 1. The normalized spacial score (nSPS) is 21.8. The zero-order chi connectivity index (χ0) is 23.0. The van der Waals surface area contributed by atoms with Gasteiger partial charge in [-0.2, -0.15) is 0 Å². The van der Waals surface area contributed by atoms with Crippen molar-refractivity contribution in [1.82, 2.24) is 9.88 Å². The van der Waals surface area contributed by atoms with Gasteiger partial charge in [-0.1, -0.05) is 41.3 Å². The summed E-state index contributed by atoms with van der Waals surface area (Å²) in [5, 5.41) is 8.72. The van der Waals surface area contributed by atoms with Crippen molar-refractivity contribution in [3.63, 3.8) is 0 Å². The average molecular weight is 479 g/mol. The van der Waals surface area contributed by atoms with Crippen LogP contribution < -0.4 is 9.61 Å². The number of aliphatic carboxylic acids is 1. The molecule has 1 aromatic carbocycles. The number of hydrogen-bond acceptors (Lipinski definition) is 9. The molecule has 0 bridgehead atoms. The van der Waals surface area contributed by atoms with E-state index in [1.807, 2.05) is 0 Å². The highest BCUT2D eigenvalue weighted by molar-refractivity contribution is 8.00. The Morgan fingerprint density at radius 3 is 2.66 bits per heavy atom. The number of ether oxygens (including phenoxy) is 2. The fourth-order valence-corrected chi connectivity index (χ4v) is 6.44. The lowest BCUT2D eigenvalue weighted by Crippen LogP contribution is -2.36. The summed E-state index contributed by atoms with van der Waals surface area (Å²) in [7, 11) is 0. The van der Waals surface area contributed by atoms with Crippen LogP contribution in [0.25, 0.3) is 0 Å². The smallest absolute Gasteiger partial charge is 0.344 e. The number of aromatic nitrogens is 1. The number of carboxylic acids is 1. The van der Waals surface area contributed by atoms with Crippen molar-refractivity contribution in [2.75, 3.05) is 19.8 Å². The zero-order valence-electron chi connectivity index (χ0n) is 16.7. The number of likely N-dealkylation sites (tertiary alicyclic amines) is 1. The Bertz CT molecular complexity index is 1160. The van der Waals surface area contributed by atoms with Gasteiger partial charge in [0.1, 0.15) is 17.5 Å². The Morgan fingerprint density at radius 1 is 1.19 bits per heavy atom. The minimum atomic E-state index is -1.30. The van der Waals surface area contributed by atoms with E-state index in [9.17, 15) is 24.0 Å². The molecule has 1 aromatic heterocycles. The molecule has 12 heteroatoms. The number of carboxylic acid groups (broad SMARTS) is 1. The number of carbonyl (C=O) groups excluding carboxylic acids is 3. The van der Waals surface area contributed by atoms with Crippen molar-refractivity contribution in [2.24, 2.45) is 5.92 Å². The maximum Gasteiger partial charge on any atom is 0.344 e. The van der Waals surface area contributed by atoms with Crippen LogP contribution in [0.2, 0.25) is 0 Å². The van der Waals surface area contributed by atoms with Crippen LogP contribution in [-0.2, 0) is 23.9 Å². The van der Waals surface area contributed by atoms with E-state index in [1.165, 1.54) is 0 Å². The van der Waals surface area contributed by atoms with Gasteiger partial charge in [0.15, 0.2) is 6.61 Å². The van der Waals surface area contributed by atoms with E-state index in [4.69, 9.17) is 14.6 Å². The van der Waals surface area contributed by atoms with Crippen LogP contribution in [0.1, 0.15) is 23.3 Å². The van der Waals surface area contributed by atoms with Crippen molar-refractivity contribution in [1.29, 1.82) is 0 Å². The number of rotatable bonds is 7. The van der Waals surface area contributed by atoms with E-state index in [0.29, 0.717) is 21.2 Å². The number of para-hydroxylation sites is 1. The Labute approximate surface area is 189 Å². The summed E-state index contributed by atoms with van der Waals surface area (Å²) in [4.78, 5) is 64.8. The third-order valence-electron chi connectivity index (χ3n) is 5.11. The van der Waals surface area contributed by atoms with Gasteiger partial charge in [-0.25, -0.2) is 4.79 Å². The van der Waals surface area contributed by atoms with E-state index < -0.39 is 47.4 Å². The second-order valence-electron chi connectivity index (χ2n) is 7.04. The Balaban J connectivity index is 1.77. The molecule has 1 saturated heterocycles.